The van der Waals surface area contributed by atoms with Gasteiger partial charge in [0.1, 0.15) is 10.6 Å². The third-order valence-electron chi connectivity index (χ3n) is 3.93. The smallest absolute Gasteiger partial charge is 0.427 e. The first kappa shape index (κ1) is 17.5. The molecule has 0 bridgehead atoms. The van der Waals surface area contributed by atoms with Gasteiger partial charge in [-0.2, -0.15) is 13.2 Å². The highest BCUT2D eigenvalue weighted by Crippen LogP contribution is 2.36. The largest absolute Gasteiger partial charge is 0.497 e. The van der Waals surface area contributed by atoms with Crippen molar-refractivity contribution in [3.63, 3.8) is 0 Å². The average Bonchev–Trinajstić information content (AvgIpc) is 3.12. The molecule has 2 aromatic rings. The van der Waals surface area contributed by atoms with Crippen molar-refractivity contribution in [1.82, 2.24) is 9.88 Å². The molecule has 5 nitrogen and oxygen atoms in total. The zero-order chi connectivity index (χ0) is 18.0. The highest BCUT2D eigenvalue weighted by atomic mass is 32.1. The number of benzene rings is 1. The van der Waals surface area contributed by atoms with Crippen LogP contribution in [0.1, 0.15) is 15.2 Å². The number of piperazine rings is 1. The van der Waals surface area contributed by atoms with Gasteiger partial charge in [0.15, 0.2) is 5.13 Å². The van der Waals surface area contributed by atoms with Crippen LogP contribution in [0.25, 0.3) is 0 Å². The second-order valence-electron chi connectivity index (χ2n) is 5.52. The number of ether oxygens (including phenoxy) is 1. The number of anilines is 1. The fourth-order valence-corrected chi connectivity index (χ4v) is 3.42. The zero-order valence-corrected chi connectivity index (χ0v) is 14.2. The second-order valence-corrected chi connectivity index (χ2v) is 6.53. The molecule has 2 heterocycles. The van der Waals surface area contributed by atoms with Crippen LogP contribution in [0.3, 0.4) is 0 Å². The van der Waals surface area contributed by atoms with Crippen LogP contribution < -0.4 is 9.64 Å². The summed E-state index contributed by atoms with van der Waals surface area (Å²) in [5.74, 6) is 0.487. The summed E-state index contributed by atoms with van der Waals surface area (Å²) in [6, 6.07) is 6.89. The normalized spacial score (nSPS) is 15.4. The van der Waals surface area contributed by atoms with Crippen LogP contribution in [-0.4, -0.2) is 49.1 Å². The number of rotatable bonds is 3. The van der Waals surface area contributed by atoms with Gasteiger partial charge in [-0.15, -0.1) is 0 Å². The predicted molar refractivity (Wildman–Crippen MR) is 88.2 cm³/mol. The second kappa shape index (κ2) is 6.91. The topological polar surface area (TPSA) is 45.7 Å². The summed E-state index contributed by atoms with van der Waals surface area (Å²) in [4.78, 5) is 19.1. The molecule has 1 aromatic carbocycles. The van der Waals surface area contributed by atoms with Crippen molar-refractivity contribution in [2.45, 2.75) is 6.18 Å². The molecule has 1 saturated heterocycles. The van der Waals surface area contributed by atoms with Crippen LogP contribution >= 0.6 is 11.3 Å². The SMILES string of the molecule is COc1cccc(C(=O)N2CCN(c3ncc(C(F)(F)F)s3)CC2)c1. The van der Waals surface area contributed by atoms with Crippen LogP contribution in [-0.2, 0) is 6.18 Å². The van der Waals surface area contributed by atoms with E-state index in [-0.39, 0.29) is 5.91 Å². The van der Waals surface area contributed by atoms with Crippen LogP contribution in [0.4, 0.5) is 18.3 Å². The van der Waals surface area contributed by atoms with Crippen molar-refractivity contribution >= 4 is 22.4 Å². The number of nitrogens with zero attached hydrogens (tertiary/aromatic N) is 3. The first-order valence-electron chi connectivity index (χ1n) is 7.60. The van der Waals surface area contributed by atoms with Crippen molar-refractivity contribution in [2.24, 2.45) is 0 Å². The van der Waals surface area contributed by atoms with Crippen molar-refractivity contribution in [2.75, 3.05) is 38.2 Å². The van der Waals surface area contributed by atoms with Crippen molar-refractivity contribution in [3.8, 4) is 5.75 Å². The lowest BCUT2D eigenvalue weighted by molar-refractivity contribution is -0.134. The molecule has 1 fully saturated rings. The van der Waals surface area contributed by atoms with Crippen LogP contribution in [0.2, 0.25) is 0 Å². The van der Waals surface area contributed by atoms with Gasteiger partial charge in [0.25, 0.3) is 5.91 Å². The zero-order valence-electron chi connectivity index (χ0n) is 13.4. The summed E-state index contributed by atoms with van der Waals surface area (Å²) in [5, 5.41) is 0.334. The van der Waals surface area contributed by atoms with Crippen molar-refractivity contribution in [1.29, 1.82) is 0 Å². The minimum absolute atomic E-state index is 0.117. The van der Waals surface area contributed by atoms with Gasteiger partial charge in [0, 0.05) is 31.7 Å². The van der Waals surface area contributed by atoms with E-state index >= 15 is 0 Å². The predicted octanol–water partition coefficient (Wildman–Crippen LogP) is 3.13. The lowest BCUT2D eigenvalue weighted by Crippen LogP contribution is -2.48. The summed E-state index contributed by atoms with van der Waals surface area (Å²) in [6.45, 7) is 1.75. The Morgan fingerprint density at radius 3 is 2.56 bits per heavy atom. The van der Waals surface area contributed by atoms with Crippen molar-refractivity contribution < 1.29 is 22.7 Å². The number of aromatic nitrogens is 1. The highest BCUT2D eigenvalue weighted by Gasteiger charge is 2.34. The first-order valence-corrected chi connectivity index (χ1v) is 8.41. The summed E-state index contributed by atoms with van der Waals surface area (Å²) in [7, 11) is 1.53. The Balaban J connectivity index is 1.63. The molecule has 0 N–H and O–H groups in total. The van der Waals surface area contributed by atoms with E-state index in [0.29, 0.717) is 54.0 Å². The molecule has 0 radical (unpaired) electrons. The molecule has 1 amide bonds. The molecule has 1 aliphatic heterocycles. The van der Waals surface area contributed by atoms with E-state index in [1.807, 2.05) is 0 Å². The first-order chi connectivity index (χ1) is 11.9. The fraction of sp³-hybridized carbons (Fsp3) is 0.375. The summed E-state index contributed by atoms with van der Waals surface area (Å²) in [5.41, 5.74) is 0.529. The van der Waals surface area contributed by atoms with E-state index in [4.69, 9.17) is 4.74 Å². The number of thiazole rings is 1. The summed E-state index contributed by atoms with van der Waals surface area (Å²) in [6.07, 6.45) is -3.52. The number of methoxy groups -OCH3 is 1. The lowest BCUT2D eigenvalue weighted by Gasteiger charge is -2.34. The molecule has 0 unspecified atom stereocenters. The molecule has 0 aliphatic carbocycles. The molecule has 0 spiro atoms. The Labute approximate surface area is 146 Å². The minimum Gasteiger partial charge on any atom is -0.497 e. The molecular weight excluding hydrogens is 355 g/mol. The van der Waals surface area contributed by atoms with E-state index in [0.717, 1.165) is 6.20 Å². The number of carbonyl (C=O) groups is 1. The summed E-state index contributed by atoms with van der Waals surface area (Å²) >= 11 is 0.627. The monoisotopic (exact) mass is 371 g/mol. The standard InChI is InChI=1S/C16H16F3N3O2S/c1-24-12-4-2-3-11(9-12)14(23)21-5-7-22(8-6-21)15-20-10-13(25-15)16(17,18)19/h2-4,9-10H,5-8H2,1H3. The third-order valence-corrected chi connectivity index (χ3v) is 5.03. The maximum atomic E-state index is 12.7. The minimum atomic E-state index is -4.37. The quantitative estimate of drug-likeness (QED) is 0.832. The lowest BCUT2D eigenvalue weighted by atomic mass is 10.1. The van der Waals surface area contributed by atoms with Gasteiger partial charge in [0.05, 0.1) is 13.3 Å². The fourth-order valence-electron chi connectivity index (χ4n) is 2.58. The number of hydrogen-bond donors (Lipinski definition) is 0. The Hall–Kier alpha value is -2.29. The number of halogens is 3. The Kier molecular flexibility index (Phi) is 4.85. The van der Waals surface area contributed by atoms with E-state index in [2.05, 4.69) is 4.98 Å². The van der Waals surface area contributed by atoms with E-state index in [1.54, 1.807) is 34.1 Å². The van der Waals surface area contributed by atoms with Crippen molar-refractivity contribution in [3.05, 3.63) is 40.9 Å². The summed E-state index contributed by atoms with van der Waals surface area (Å²) < 4.78 is 43.1. The molecule has 0 saturated carbocycles. The number of carbonyl (C=O) groups excluding carboxylic acids is 1. The molecule has 3 rings (SSSR count). The molecule has 0 atom stereocenters. The van der Waals surface area contributed by atoms with Gasteiger partial charge < -0.3 is 14.5 Å². The Morgan fingerprint density at radius 1 is 1.24 bits per heavy atom. The van der Waals surface area contributed by atoms with E-state index < -0.39 is 11.1 Å². The molecule has 9 heteroatoms. The Bertz CT molecular complexity index is 755. The van der Waals surface area contributed by atoms with Gasteiger partial charge >= 0.3 is 6.18 Å². The Morgan fingerprint density at radius 2 is 1.96 bits per heavy atom. The molecule has 25 heavy (non-hydrogen) atoms. The molecule has 1 aromatic heterocycles. The number of alkyl halides is 3. The van der Waals surface area contributed by atoms with E-state index in [1.165, 1.54) is 7.11 Å². The molecule has 1 aliphatic rings. The molecular formula is C16H16F3N3O2S. The molecule has 134 valence electrons. The third kappa shape index (κ3) is 3.87. The van der Waals surface area contributed by atoms with E-state index in [9.17, 15) is 18.0 Å². The number of amides is 1. The highest BCUT2D eigenvalue weighted by molar-refractivity contribution is 7.15. The van der Waals surface area contributed by atoms with Gasteiger partial charge in [-0.1, -0.05) is 17.4 Å². The average molecular weight is 371 g/mol. The number of hydrogen-bond acceptors (Lipinski definition) is 5. The van der Waals surface area contributed by atoms with Crippen LogP contribution in [0.15, 0.2) is 30.5 Å². The maximum Gasteiger partial charge on any atom is 0.427 e. The van der Waals surface area contributed by atoms with Gasteiger partial charge in [0.2, 0.25) is 0 Å². The van der Waals surface area contributed by atoms with Gasteiger partial charge in [-0.25, -0.2) is 4.98 Å². The van der Waals surface area contributed by atoms with Crippen LogP contribution in [0.5, 0.6) is 5.75 Å². The maximum absolute atomic E-state index is 12.7. The van der Waals surface area contributed by atoms with Gasteiger partial charge in [-0.05, 0) is 18.2 Å². The van der Waals surface area contributed by atoms with Gasteiger partial charge in [-0.3, -0.25) is 4.79 Å². The van der Waals surface area contributed by atoms with Crippen LogP contribution in [0, 0.1) is 0 Å².